The zero-order chi connectivity index (χ0) is 25.3. The molecule has 6 nitrogen and oxygen atoms in total. The second-order valence-corrected chi connectivity index (χ2v) is 8.80. The maximum absolute atomic E-state index is 13.5. The summed E-state index contributed by atoms with van der Waals surface area (Å²) in [4.78, 5) is 39.4. The lowest BCUT2D eigenvalue weighted by molar-refractivity contribution is -0.123. The first kappa shape index (κ1) is 24.0. The van der Waals surface area contributed by atoms with Crippen LogP contribution in [0.25, 0.3) is 21.9 Å². The molecule has 0 fully saturated rings. The molecule has 0 saturated carbocycles. The van der Waals surface area contributed by atoms with Crippen molar-refractivity contribution < 1.29 is 14.3 Å². The van der Waals surface area contributed by atoms with E-state index in [4.69, 9.17) is 4.74 Å². The maximum Gasteiger partial charge on any atom is 0.356 e. The van der Waals surface area contributed by atoms with Gasteiger partial charge in [0.25, 0.3) is 11.5 Å². The highest BCUT2D eigenvalue weighted by Crippen LogP contribution is 2.31. The number of carbonyl (C=O) groups excluding carboxylic acids is 2. The lowest BCUT2D eigenvalue weighted by Gasteiger charge is -2.20. The number of rotatable bonds is 5. The number of pyridine rings is 1. The zero-order valence-electron chi connectivity index (χ0n) is 20.5. The first-order valence-electron chi connectivity index (χ1n) is 11.5. The molecule has 0 aliphatic rings. The van der Waals surface area contributed by atoms with Crippen molar-refractivity contribution in [2.45, 2.75) is 33.8 Å². The van der Waals surface area contributed by atoms with Crippen LogP contribution in [0.1, 0.15) is 34.1 Å². The van der Waals surface area contributed by atoms with E-state index in [1.165, 1.54) is 11.5 Å². The molecule has 1 amide bonds. The van der Waals surface area contributed by atoms with E-state index in [0.29, 0.717) is 22.0 Å². The second-order valence-electron chi connectivity index (χ2n) is 8.80. The Labute approximate surface area is 204 Å². The molecule has 178 valence electrons. The van der Waals surface area contributed by atoms with Gasteiger partial charge < -0.3 is 14.6 Å². The molecule has 1 aromatic heterocycles. The number of amides is 1. The fraction of sp³-hybridized carbons (Fsp3) is 0.207. The monoisotopic (exact) mass is 468 g/mol. The molecular formula is C29H28N2O4. The number of esters is 1. The first-order chi connectivity index (χ1) is 16.7. The van der Waals surface area contributed by atoms with Gasteiger partial charge in [0.05, 0.1) is 0 Å². The van der Waals surface area contributed by atoms with Gasteiger partial charge in [-0.1, -0.05) is 66.2 Å². The minimum Gasteiger partial charge on any atom is -0.448 e. The van der Waals surface area contributed by atoms with Gasteiger partial charge in [0.2, 0.25) is 0 Å². The Hall–Kier alpha value is -4.19. The van der Waals surface area contributed by atoms with Gasteiger partial charge in [-0.2, -0.15) is 0 Å². The fourth-order valence-electron chi connectivity index (χ4n) is 4.22. The average Bonchev–Trinajstić information content (AvgIpc) is 2.84. The number of benzene rings is 3. The van der Waals surface area contributed by atoms with E-state index < -0.39 is 18.0 Å². The summed E-state index contributed by atoms with van der Waals surface area (Å²) in [5, 5.41) is 4.01. The quantitative estimate of drug-likeness (QED) is 0.403. The molecule has 0 spiro atoms. The third kappa shape index (κ3) is 4.60. The molecule has 0 aliphatic heterocycles. The number of para-hydroxylation sites is 1. The van der Waals surface area contributed by atoms with Gasteiger partial charge in [0.15, 0.2) is 6.10 Å². The smallest absolute Gasteiger partial charge is 0.356 e. The Morgan fingerprint density at radius 2 is 1.46 bits per heavy atom. The van der Waals surface area contributed by atoms with Crippen molar-refractivity contribution in [3.63, 3.8) is 0 Å². The van der Waals surface area contributed by atoms with Crippen molar-refractivity contribution in [2.24, 2.45) is 7.05 Å². The minimum atomic E-state index is -1.08. The summed E-state index contributed by atoms with van der Waals surface area (Å²) in [6, 6.07) is 20.6. The number of nitrogens with zero attached hydrogens (tertiary/aromatic N) is 1. The summed E-state index contributed by atoms with van der Waals surface area (Å²) < 4.78 is 6.91. The number of anilines is 1. The van der Waals surface area contributed by atoms with Crippen molar-refractivity contribution in [3.8, 4) is 11.1 Å². The number of aryl methyl sites for hydroxylation is 3. The third-order valence-corrected chi connectivity index (χ3v) is 6.22. The highest BCUT2D eigenvalue weighted by molar-refractivity contribution is 6.07. The van der Waals surface area contributed by atoms with Crippen molar-refractivity contribution >= 4 is 28.3 Å². The Bertz CT molecular complexity index is 1480. The van der Waals surface area contributed by atoms with Crippen LogP contribution in [0.15, 0.2) is 71.5 Å². The molecule has 4 aromatic rings. The highest BCUT2D eigenvalue weighted by Gasteiger charge is 2.26. The molecule has 0 radical (unpaired) electrons. The van der Waals surface area contributed by atoms with E-state index in [1.54, 1.807) is 19.2 Å². The molecule has 35 heavy (non-hydrogen) atoms. The van der Waals surface area contributed by atoms with Crippen molar-refractivity contribution in [3.05, 3.63) is 99.5 Å². The van der Waals surface area contributed by atoms with Crippen molar-refractivity contribution in [2.75, 3.05) is 5.32 Å². The summed E-state index contributed by atoms with van der Waals surface area (Å²) in [6.07, 6.45) is -1.08. The normalized spacial score (nSPS) is 11.8. The van der Waals surface area contributed by atoms with Crippen molar-refractivity contribution in [1.29, 1.82) is 0 Å². The van der Waals surface area contributed by atoms with Crippen LogP contribution in [0.2, 0.25) is 0 Å². The van der Waals surface area contributed by atoms with Crippen LogP contribution in [0, 0.1) is 20.8 Å². The topological polar surface area (TPSA) is 77.4 Å². The molecule has 1 heterocycles. The molecule has 0 bridgehead atoms. The number of carbonyl (C=O) groups is 2. The second kappa shape index (κ2) is 9.58. The molecule has 1 atom stereocenters. The Balaban J connectivity index is 1.75. The SMILES string of the molecule is Cc1ccc(-c2c(C(=O)OC(C)C(=O)Nc3c(C)cccc3C)n(C)c(=O)c3ccccc23)cc1. The lowest BCUT2D eigenvalue weighted by atomic mass is 9.96. The van der Waals surface area contributed by atoms with E-state index in [2.05, 4.69) is 5.32 Å². The average molecular weight is 469 g/mol. The van der Waals surface area contributed by atoms with Gasteiger partial charge in [0.1, 0.15) is 5.69 Å². The molecule has 3 aromatic carbocycles. The summed E-state index contributed by atoms with van der Waals surface area (Å²) in [5.74, 6) is -1.19. The molecule has 6 heteroatoms. The van der Waals surface area contributed by atoms with Crippen LogP contribution in [-0.2, 0) is 16.6 Å². The number of nitrogens with one attached hydrogen (secondary N) is 1. The van der Waals surface area contributed by atoms with E-state index in [0.717, 1.165) is 22.3 Å². The van der Waals surface area contributed by atoms with Crippen LogP contribution in [0.3, 0.4) is 0 Å². The summed E-state index contributed by atoms with van der Waals surface area (Å²) in [7, 11) is 1.55. The first-order valence-corrected chi connectivity index (χ1v) is 11.5. The van der Waals surface area contributed by atoms with E-state index in [9.17, 15) is 14.4 Å². The Kier molecular flexibility index (Phi) is 6.56. The maximum atomic E-state index is 13.5. The molecule has 0 saturated heterocycles. The third-order valence-electron chi connectivity index (χ3n) is 6.22. The largest absolute Gasteiger partial charge is 0.448 e. The highest BCUT2D eigenvalue weighted by atomic mass is 16.5. The van der Waals surface area contributed by atoms with Crippen LogP contribution in [-0.4, -0.2) is 22.5 Å². The van der Waals surface area contributed by atoms with Crippen LogP contribution in [0.5, 0.6) is 0 Å². The van der Waals surface area contributed by atoms with Gasteiger partial charge in [-0.05, 0) is 55.8 Å². The predicted octanol–water partition coefficient (Wildman–Crippen LogP) is 5.31. The number of aromatic nitrogens is 1. The Morgan fingerprint density at radius 1 is 0.857 bits per heavy atom. The molecule has 0 aliphatic carbocycles. The van der Waals surface area contributed by atoms with Gasteiger partial charge in [-0.25, -0.2) is 4.79 Å². The molecule has 4 rings (SSSR count). The number of fused-ring (bicyclic) bond motifs is 1. The van der Waals surface area contributed by atoms with E-state index in [1.807, 2.05) is 75.4 Å². The van der Waals surface area contributed by atoms with Gasteiger partial charge in [0, 0.05) is 23.7 Å². The Morgan fingerprint density at radius 3 is 2.09 bits per heavy atom. The minimum absolute atomic E-state index is 0.101. The van der Waals surface area contributed by atoms with Gasteiger partial charge >= 0.3 is 5.97 Å². The van der Waals surface area contributed by atoms with Crippen molar-refractivity contribution in [1.82, 2.24) is 4.57 Å². The van der Waals surface area contributed by atoms with Crippen LogP contribution < -0.4 is 10.9 Å². The number of ether oxygens (including phenoxy) is 1. The summed E-state index contributed by atoms with van der Waals surface area (Å²) >= 11 is 0. The predicted molar refractivity (Wildman–Crippen MR) is 139 cm³/mol. The van der Waals surface area contributed by atoms with Gasteiger partial charge in [-0.3, -0.25) is 9.59 Å². The van der Waals surface area contributed by atoms with Crippen LogP contribution >= 0.6 is 0 Å². The zero-order valence-corrected chi connectivity index (χ0v) is 20.5. The van der Waals surface area contributed by atoms with E-state index in [-0.39, 0.29) is 11.3 Å². The lowest BCUT2D eigenvalue weighted by Crippen LogP contribution is -2.33. The molecule has 1 unspecified atom stereocenters. The number of hydrogen-bond acceptors (Lipinski definition) is 4. The summed E-state index contributed by atoms with van der Waals surface area (Å²) in [6.45, 7) is 7.30. The molecule has 1 N–H and O–H groups in total. The molecular weight excluding hydrogens is 440 g/mol. The van der Waals surface area contributed by atoms with E-state index >= 15 is 0 Å². The fourth-order valence-corrected chi connectivity index (χ4v) is 4.22. The number of hydrogen-bond donors (Lipinski definition) is 1. The van der Waals surface area contributed by atoms with Crippen LogP contribution in [0.4, 0.5) is 5.69 Å². The van der Waals surface area contributed by atoms with Gasteiger partial charge in [-0.15, -0.1) is 0 Å². The summed E-state index contributed by atoms with van der Waals surface area (Å²) in [5.41, 5.74) is 4.76. The standard InChI is InChI=1S/C29H28N2O4/c1-17-13-15-21(16-14-17)24-22-11-6-7-12-23(22)28(33)31(5)26(24)29(34)35-20(4)27(32)30-25-18(2)9-8-10-19(25)3/h6-16,20H,1-5H3,(H,30,32).